The van der Waals surface area contributed by atoms with E-state index in [4.69, 9.17) is 0 Å². The van der Waals surface area contributed by atoms with Crippen LogP contribution in [0.4, 0.5) is 0 Å². The van der Waals surface area contributed by atoms with Crippen molar-refractivity contribution in [1.29, 1.82) is 0 Å². The minimum Gasteiger partial charge on any atom is -0.314 e. The first kappa shape index (κ1) is 8.79. The molecule has 1 N–H and O–H groups in total. The number of hydrogen-bond donors (Lipinski definition) is 1. The van der Waals surface area contributed by atoms with Crippen LogP contribution in [0.2, 0.25) is 0 Å². The molecule has 0 aromatic rings. The normalized spacial score (nSPS) is 24.9. The summed E-state index contributed by atoms with van der Waals surface area (Å²) in [6.07, 6.45) is 7.49. The van der Waals surface area contributed by atoms with Gasteiger partial charge in [-0.05, 0) is 39.2 Å². The van der Waals surface area contributed by atoms with Gasteiger partial charge in [-0.15, -0.1) is 0 Å². The first-order valence-corrected chi connectivity index (χ1v) is 4.72. The molecule has 0 aromatic heterocycles. The van der Waals surface area contributed by atoms with Gasteiger partial charge in [0.1, 0.15) is 0 Å². The van der Waals surface area contributed by atoms with Crippen molar-refractivity contribution in [1.82, 2.24) is 5.32 Å². The highest BCUT2D eigenvalue weighted by Crippen LogP contribution is 2.16. The van der Waals surface area contributed by atoms with Crippen LogP contribution in [-0.2, 0) is 0 Å². The van der Waals surface area contributed by atoms with E-state index in [1.165, 1.54) is 32.2 Å². The van der Waals surface area contributed by atoms with Crippen LogP contribution in [0.3, 0.4) is 0 Å². The summed E-state index contributed by atoms with van der Waals surface area (Å²) in [5, 5.41) is 3.55. The number of rotatable bonds is 3. The van der Waals surface area contributed by atoms with Crippen molar-refractivity contribution in [3.8, 4) is 0 Å². The van der Waals surface area contributed by atoms with E-state index in [1.807, 2.05) is 0 Å². The number of allylic oxidation sites excluding steroid dienone is 1. The Kier molecular flexibility index (Phi) is 3.64. The fourth-order valence-electron chi connectivity index (χ4n) is 1.50. The Balaban J connectivity index is 2.18. The van der Waals surface area contributed by atoms with Gasteiger partial charge in [-0.1, -0.05) is 18.6 Å². The molecule has 0 spiro atoms. The van der Waals surface area contributed by atoms with E-state index in [1.54, 1.807) is 5.57 Å². The highest BCUT2D eigenvalue weighted by Gasteiger charge is 2.10. The molecule has 11 heavy (non-hydrogen) atoms. The molecule has 0 aliphatic heterocycles. The maximum absolute atomic E-state index is 3.55. The summed E-state index contributed by atoms with van der Waals surface area (Å²) in [6.45, 7) is 5.63. The smallest absolute Gasteiger partial charge is 0.0105 e. The average Bonchev–Trinajstić information content (AvgIpc) is 2.04. The molecule has 0 bridgehead atoms. The van der Waals surface area contributed by atoms with Gasteiger partial charge in [0, 0.05) is 6.04 Å². The van der Waals surface area contributed by atoms with E-state index in [0.717, 1.165) is 6.04 Å². The quantitative estimate of drug-likeness (QED) is 0.614. The summed E-state index contributed by atoms with van der Waals surface area (Å²) >= 11 is 0. The van der Waals surface area contributed by atoms with Crippen LogP contribution in [0, 0.1) is 0 Å². The second-order valence-corrected chi connectivity index (χ2v) is 3.48. The second kappa shape index (κ2) is 4.55. The SMILES string of the molecule is CCCNC1CC=C(C)CC1. The molecular formula is C10H19N. The highest BCUT2D eigenvalue weighted by atomic mass is 14.9. The molecule has 64 valence electrons. The summed E-state index contributed by atoms with van der Waals surface area (Å²) in [6, 6.07) is 0.763. The van der Waals surface area contributed by atoms with Crippen LogP contribution in [-0.4, -0.2) is 12.6 Å². The number of nitrogens with one attached hydrogen (secondary N) is 1. The Bertz CT molecular complexity index is 138. The minimum absolute atomic E-state index is 0.763. The van der Waals surface area contributed by atoms with E-state index in [0.29, 0.717) is 0 Å². The molecule has 1 atom stereocenters. The van der Waals surface area contributed by atoms with Gasteiger partial charge in [0.2, 0.25) is 0 Å². The molecule has 0 aromatic carbocycles. The molecule has 0 radical (unpaired) electrons. The van der Waals surface area contributed by atoms with Crippen LogP contribution in [0.1, 0.15) is 39.5 Å². The summed E-state index contributed by atoms with van der Waals surface area (Å²) in [4.78, 5) is 0. The maximum atomic E-state index is 3.55. The average molecular weight is 153 g/mol. The molecule has 0 saturated carbocycles. The Morgan fingerprint density at radius 1 is 1.64 bits per heavy atom. The first-order valence-electron chi connectivity index (χ1n) is 4.72. The predicted molar refractivity (Wildman–Crippen MR) is 49.7 cm³/mol. The third-order valence-electron chi connectivity index (χ3n) is 2.32. The molecule has 0 saturated heterocycles. The molecule has 1 unspecified atom stereocenters. The first-order chi connectivity index (χ1) is 5.33. The molecular weight excluding hydrogens is 134 g/mol. The third-order valence-corrected chi connectivity index (χ3v) is 2.32. The summed E-state index contributed by atoms with van der Waals surface area (Å²) in [7, 11) is 0. The van der Waals surface area contributed by atoms with Crippen LogP contribution >= 0.6 is 0 Å². The lowest BCUT2D eigenvalue weighted by atomic mass is 9.96. The Labute approximate surface area is 69.9 Å². The fourth-order valence-corrected chi connectivity index (χ4v) is 1.50. The molecule has 0 fully saturated rings. The van der Waals surface area contributed by atoms with Crippen molar-refractivity contribution < 1.29 is 0 Å². The van der Waals surface area contributed by atoms with Gasteiger partial charge >= 0.3 is 0 Å². The lowest BCUT2D eigenvalue weighted by Crippen LogP contribution is -2.30. The Hall–Kier alpha value is -0.300. The summed E-state index contributed by atoms with van der Waals surface area (Å²) in [5.41, 5.74) is 1.57. The van der Waals surface area contributed by atoms with E-state index in [9.17, 15) is 0 Å². The zero-order chi connectivity index (χ0) is 8.10. The molecule has 1 aliphatic rings. The molecule has 1 aliphatic carbocycles. The van der Waals surface area contributed by atoms with Crippen LogP contribution in [0.15, 0.2) is 11.6 Å². The van der Waals surface area contributed by atoms with Gasteiger partial charge < -0.3 is 5.32 Å². The van der Waals surface area contributed by atoms with Gasteiger partial charge in [-0.2, -0.15) is 0 Å². The summed E-state index contributed by atoms with van der Waals surface area (Å²) < 4.78 is 0. The van der Waals surface area contributed by atoms with Crippen LogP contribution < -0.4 is 5.32 Å². The van der Waals surface area contributed by atoms with Gasteiger partial charge in [-0.25, -0.2) is 0 Å². The second-order valence-electron chi connectivity index (χ2n) is 3.48. The monoisotopic (exact) mass is 153 g/mol. The van der Waals surface area contributed by atoms with E-state index < -0.39 is 0 Å². The van der Waals surface area contributed by atoms with Gasteiger partial charge in [0.25, 0.3) is 0 Å². The van der Waals surface area contributed by atoms with E-state index in [2.05, 4.69) is 25.2 Å². The van der Waals surface area contributed by atoms with Crippen molar-refractivity contribution >= 4 is 0 Å². The molecule has 1 nitrogen and oxygen atoms in total. The number of hydrogen-bond acceptors (Lipinski definition) is 1. The van der Waals surface area contributed by atoms with Gasteiger partial charge in [-0.3, -0.25) is 0 Å². The van der Waals surface area contributed by atoms with Gasteiger partial charge in [0.05, 0.1) is 0 Å². The fraction of sp³-hybridized carbons (Fsp3) is 0.800. The zero-order valence-corrected chi connectivity index (χ0v) is 7.69. The van der Waals surface area contributed by atoms with Gasteiger partial charge in [0.15, 0.2) is 0 Å². The molecule has 0 heterocycles. The largest absolute Gasteiger partial charge is 0.314 e. The van der Waals surface area contributed by atoms with Crippen molar-refractivity contribution in [2.75, 3.05) is 6.54 Å². The lowest BCUT2D eigenvalue weighted by molar-refractivity contribution is 0.468. The topological polar surface area (TPSA) is 12.0 Å². The molecule has 1 heteroatoms. The maximum Gasteiger partial charge on any atom is 0.0105 e. The van der Waals surface area contributed by atoms with E-state index in [-0.39, 0.29) is 0 Å². The van der Waals surface area contributed by atoms with Crippen molar-refractivity contribution in [2.24, 2.45) is 0 Å². The van der Waals surface area contributed by atoms with Crippen molar-refractivity contribution in [3.63, 3.8) is 0 Å². The summed E-state index contributed by atoms with van der Waals surface area (Å²) in [5.74, 6) is 0. The Morgan fingerprint density at radius 3 is 3.00 bits per heavy atom. The third kappa shape index (κ3) is 3.06. The standard InChI is InChI=1S/C10H19N/c1-3-8-11-10-6-4-9(2)5-7-10/h4,10-11H,3,5-8H2,1-2H3. The lowest BCUT2D eigenvalue weighted by Gasteiger charge is -2.21. The van der Waals surface area contributed by atoms with Crippen LogP contribution in [0.5, 0.6) is 0 Å². The van der Waals surface area contributed by atoms with Crippen molar-refractivity contribution in [3.05, 3.63) is 11.6 Å². The molecule has 0 amide bonds. The van der Waals surface area contributed by atoms with Crippen LogP contribution in [0.25, 0.3) is 0 Å². The minimum atomic E-state index is 0.763. The zero-order valence-electron chi connectivity index (χ0n) is 7.69. The molecule has 1 rings (SSSR count). The predicted octanol–water partition coefficient (Wildman–Crippen LogP) is 2.48. The Morgan fingerprint density at radius 2 is 2.45 bits per heavy atom. The highest BCUT2D eigenvalue weighted by molar-refractivity contribution is 5.04. The van der Waals surface area contributed by atoms with E-state index >= 15 is 0 Å². The van der Waals surface area contributed by atoms with Crippen molar-refractivity contribution in [2.45, 2.75) is 45.6 Å².